The molecule has 6 heteroatoms. The lowest BCUT2D eigenvalue weighted by atomic mass is 10.0. The number of carbonyl (C=O) groups is 1. The smallest absolute Gasteiger partial charge is 0.334 e. The van der Waals surface area contributed by atoms with Crippen LogP contribution in [0.4, 0.5) is 23.7 Å². The molecule has 2 N–H and O–H groups in total. The highest BCUT2D eigenvalue weighted by Crippen LogP contribution is 2.29. The van der Waals surface area contributed by atoms with Gasteiger partial charge in [-0.25, -0.2) is 4.79 Å². The molecule has 2 rings (SSSR count). The standard InChI is InChI=1S/C18H19F3N2O/c1-12(2)14-5-9-16(10-6-14)23-17(24)22-11-13-3-7-15(8-4-13)18(19,20)21/h3-10,12H,11H2,1-2H3,(H2,22,23,24). The predicted molar refractivity (Wildman–Crippen MR) is 87.8 cm³/mol. The van der Waals surface area contributed by atoms with Crippen LogP contribution in [0, 0.1) is 0 Å². The molecule has 0 aliphatic heterocycles. The summed E-state index contributed by atoms with van der Waals surface area (Å²) in [5.41, 5.74) is 1.71. The summed E-state index contributed by atoms with van der Waals surface area (Å²) in [7, 11) is 0. The zero-order valence-corrected chi connectivity index (χ0v) is 13.4. The third-order valence-corrected chi connectivity index (χ3v) is 3.57. The van der Waals surface area contributed by atoms with Crippen LogP contribution in [-0.2, 0) is 12.7 Å². The number of benzene rings is 2. The fourth-order valence-corrected chi connectivity index (χ4v) is 2.12. The van der Waals surface area contributed by atoms with Gasteiger partial charge in [-0.05, 0) is 41.3 Å². The van der Waals surface area contributed by atoms with Crippen LogP contribution in [-0.4, -0.2) is 6.03 Å². The van der Waals surface area contributed by atoms with E-state index in [1.165, 1.54) is 17.7 Å². The summed E-state index contributed by atoms with van der Waals surface area (Å²) in [5.74, 6) is 0.410. The van der Waals surface area contributed by atoms with Crippen LogP contribution in [0.3, 0.4) is 0 Å². The monoisotopic (exact) mass is 336 g/mol. The molecule has 0 aromatic heterocycles. The second-order valence-electron chi connectivity index (χ2n) is 5.78. The van der Waals surface area contributed by atoms with Gasteiger partial charge in [-0.3, -0.25) is 0 Å². The highest BCUT2D eigenvalue weighted by molar-refractivity contribution is 5.89. The van der Waals surface area contributed by atoms with Crippen molar-refractivity contribution < 1.29 is 18.0 Å². The first-order chi connectivity index (χ1) is 11.3. The zero-order valence-electron chi connectivity index (χ0n) is 13.4. The van der Waals surface area contributed by atoms with Crippen molar-refractivity contribution in [3.05, 3.63) is 65.2 Å². The van der Waals surface area contributed by atoms with E-state index < -0.39 is 17.8 Å². The van der Waals surface area contributed by atoms with Crippen molar-refractivity contribution in [1.82, 2.24) is 5.32 Å². The molecule has 0 aliphatic carbocycles. The molecular formula is C18H19F3N2O. The van der Waals surface area contributed by atoms with E-state index in [1.54, 1.807) is 0 Å². The summed E-state index contributed by atoms with van der Waals surface area (Å²) in [4.78, 5) is 11.8. The normalized spacial score (nSPS) is 11.4. The average molecular weight is 336 g/mol. The Morgan fingerprint density at radius 1 is 1.00 bits per heavy atom. The van der Waals surface area contributed by atoms with Gasteiger partial charge < -0.3 is 10.6 Å². The van der Waals surface area contributed by atoms with Gasteiger partial charge in [-0.1, -0.05) is 38.1 Å². The van der Waals surface area contributed by atoms with Crippen molar-refractivity contribution in [2.45, 2.75) is 32.5 Å². The fourth-order valence-electron chi connectivity index (χ4n) is 2.12. The quantitative estimate of drug-likeness (QED) is 0.796. The largest absolute Gasteiger partial charge is 0.416 e. The van der Waals surface area contributed by atoms with E-state index in [1.807, 2.05) is 24.3 Å². The number of urea groups is 1. The average Bonchev–Trinajstić information content (AvgIpc) is 2.53. The lowest BCUT2D eigenvalue weighted by molar-refractivity contribution is -0.137. The SMILES string of the molecule is CC(C)c1ccc(NC(=O)NCc2ccc(C(F)(F)F)cc2)cc1. The lowest BCUT2D eigenvalue weighted by Crippen LogP contribution is -2.28. The molecule has 0 fully saturated rings. The van der Waals surface area contributed by atoms with Gasteiger partial charge in [0.15, 0.2) is 0 Å². The van der Waals surface area contributed by atoms with Crippen LogP contribution in [0.25, 0.3) is 0 Å². The summed E-state index contributed by atoms with van der Waals surface area (Å²) >= 11 is 0. The molecule has 128 valence electrons. The number of rotatable bonds is 4. The minimum atomic E-state index is -4.36. The Morgan fingerprint density at radius 2 is 1.58 bits per heavy atom. The topological polar surface area (TPSA) is 41.1 Å². The maximum absolute atomic E-state index is 12.5. The van der Waals surface area contributed by atoms with Crippen molar-refractivity contribution >= 4 is 11.7 Å². The third kappa shape index (κ3) is 5.01. The molecule has 0 aliphatic rings. The molecular weight excluding hydrogens is 317 g/mol. The maximum Gasteiger partial charge on any atom is 0.416 e. The van der Waals surface area contributed by atoms with Gasteiger partial charge in [0, 0.05) is 12.2 Å². The minimum Gasteiger partial charge on any atom is -0.334 e. The molecule has 3 nitrogen and oxygen atoms in total. The number of alkyl halides is 3. The number of hydrogen-bond acceptors (Lipinski definition) is 1. The predicted octanol–water partition coefficient (Wildman–Crippen LogP) is 5.15. The van der Waals surface area contributed by atoms with Crippen LogP contribution < -0.4 is 10.6 Å². The highest BCUT2D eigenvalue weighted by atomic mass is 19.4. The van der Waals surface area contributed by atoms with Crippen LogP contribution in [0.5, 0.6) is 0 Å². The van der Waals surface area contributed by atoms with E-state index in [0.717, 1.165) is 12.1 Å². The number of hydrogen-bond donors (Lipinski definition) is 2. The molecule has 2 aromatic rings. The van der Waals surface area contributed by atoms with Crippen LogP contribution in [0.2, 0.25) is 0 Å². The molecule has 0 atom stereocenters. The number of nitrogens with one attached hydrogen (secondary N) is 2. The molecule has 0 heterocycles. The van der Waals surface area contributed by atoms with Gasteiger partial charge in [0.2, 0.25) is 0 Å². The first-order valence-corrected chi connectivity index (χ1v) is 7.56. The molecule has 0 spiro atoms. The molecule has 0 bridgehead atoms. The summed E-state index contributed by atoms with van der Waals surface area (Å²) in [6.07, 6.45) is -4.36. The Bertz CT molecular complexity index is 677. The van der Waals surface area contributed by atoms with Crippen molar-refractivity contribution in [2.24, 2.45) is 0 Å². The van der Waals surface area contributed by atoms with Gasteiger partial charge in [0.05, 0.1) is 5.56 Å². The van der Waals surface area contributed by atoms with Crippen LogP contribution >= 0.6 is 0 Å². The Balaban J connectivity index is 1.86. The van der Waals surface area contributed by atoms with Gasteiger partial charge in [-0.15, -0.1) is 0 Å². The second kappa shape index (κ2) is 7.38. The second-order valence-corrected chi connectivity index (χ2v) is 5.78. The number of amides is 2. The molecule has 2 amide bonds. The Morgan fingerprint density at radius 3 is 2.08 bits per heavy atom. The third-order valence-electron chi connectivity index (χ3n) is 3.57. The first-order valence-electron chi connectivity index (χ1n) is 7.56. The zero-order chi connectivity index (χ0) is 17.7. The summed E-state index contributed by atoms with van der Waals surface area (Å²) in [6.45, 7) is 4.31. The Labute approximate surface area is 138 Å². The van der Waals surface area contributed by atoms with Crippen LogP contribution in [0.1, 0.15) is 36.5 Å². The Kier molecular flexibility index (Phi) is 5.49. The highest BCUT2D eigenvalue weighted by Gasteiger charge is 2.29. The molecule has 0 unspecified atom stereocenters. The van der Waals surface area contributed by atoms with E-state index in [0.29, 0.717) is 17.2 Å². The van der Waals surface area contributed by atoms with Crippen molar-refractivity contribution in [1.29, 1.82) is 0 Å². The van der Waals surface area contributed by atoms with Crippen molar-refractivity contribution in [3.8, 4) is 0 Å². The van der Waals surface area contributed by atoms with E-state index >= 15 is 0 Å². The van der Waals surface area contributed by atoms with E-state index in [9.17, 15) is 18.0 Å². The fraction of sp³-hybridized carbons (Fsp3) is 0.278. The molecule has 24 heavy (non-hydrogen) atoms. The van der Waals surface area contributed by atoms with Crippen LogP contribution in [0.15, 0.2) is 48.5 Å². The molecule has 0 saturated carbocycles. The van der Waals surface area contributed by atoms with E-state index in [-0.39, 0.29) is 6.54 Å². The van der Waals surface area contributed by atoms with Gasteiger partial charge in [0.25, 0.3) is 0 Å². The van der Waals surface area contributed by atoms with E-state index in [4.69, 9.17) is 0 Å². The van der Waals surface area contributed by atoms with E-state index in [2.05, 4.69) is 24.5 Å². The van der Waals surface area contributed by atoms with Gasteiger partial charge in [-0.2, -0.15) is 13.2 Å². The lowest BCUT2D eigenvalue weighted by Gasteiger charge is -2.10. The van der Waals surface area contributed by atoms with Crippen molar-refractivity contribution in [2.75, 3.05) is 5.32 Å². The number of anilines is 1. The van der Waals surface area contributed by atoms with Gasteiger partial charge in [0.1, 0.15) is 0 Å². The Hall–Kier alpha value is -2.50. The summed E-state index contributed by atoms with van der Waals surface area (Å²) < 4.78 is 37.4. The summed E-state index contributed by atoms with van der Waals surface area (Å²) in [5, 5.41) is 5.30. The summed E-state index contributed by atoms with van der Waals surface area (Å²) in [6, 6.07) is 11.8. The van der Waals surface area contributed by atoms with Crippen molar-refractivity contribution in [3.63, 3.8) is 0 Å². The first kappa shape index (κ1) is 17.8. The molecule has 2 aromatic carbocycles. The molecule has 0 saturated heterocycles. The minimum absolute atomic E-state index is 0.147. The van der Waals surface area contributed by atoms with Gasteiger partial charge >= 0.3 is 12.2 Å². The number of halogens is 3. The maximum atomic E-state index is 12.5. The molecule has 0 radical (unpaired) electrons. The number of carbonyl (C=O) groups excluding carboxylic acids is 1.